The number of ether oxygens (including phenoxy) is 1. The molecular formula is C11H9BrN6O2S. The van der Waals surface area contributed by atoms with E-state index in [0.29, 0.717) is 16.6 Å². The largest absolute Gasteiger partial charge is 0.465 e. The van der Waals surface area contributed by atoms with Crippen LogP contribution in [0.4, 0.5) is 0 Å². The number of hydrogen-bond acceptors (Lipinski definition) is 7. The van der Waals surface area contributed by atoms with Crippen LogP contribution in [0.2, 0.25) is 0 Å². The summed E-state index contributed by atoms with van der Waals surface area (Å²) in [5.74, 6) is 0.329. The summed E-state index contributed by atoms with van der Waals surface area (Å²) in [4.78, 5) is 20.1. The molecule has 3 aromatic heterocycles. The molecule has 0 atom stereocenters. The number of halogens is 1. The first-order chi connectivity index (χ1) is 10.6. The van der Waals surface area contributed by atoms with Gasteiger partial charge in [0.25, 0.3) is 5.19 Å². The number of aromatic nitrogens is 6. The zero-order valence-electron chi connectivity index (χ0n) is 11.7. The number of hydrogen-bond donors (Lipinski definition) is 0. The zero-order chi connectivity index (χ0) is 15.7. The molecule has 0 radical (unpaired) electrons. The molecule has 0 saturated heterocycles. The quantitative estimate of drug-likeness (QED) is 0.684. The number of pyridine rings is 1. The minimum atomic E-state index is -0.408. The average molecular weight is 371 g/mol. The molecule has 108 valence electrons. The SMILES string of the molecule is [3H]c1csc(OCc2c(Br)ccnc2-n2nnn(C)c2=O)n1. The van der Waals surface area contributed by atoms with Crippen molar-refractivity contribution in [1.82, 2.24) is 29.8 Å². The summed E-state index contributed by atoms with van der Waals surface area (Å²) in [5, 5.41) is 9.40. The second-order valence-corrected chi connectivity index (χ2v) is 5.60. The Balaban J connectivity index is 1.96. The van der Waals surface area contributed by atoms with Crippen LogP contribution in [-0.2, 0) is 13.7 Å². The first kappa shape index (κ1) is 12.7. The van der Waals surface area contributed by atoms with Crippen molar-refractivity contribution < 1.29 is 6.11 Å². The number of rotatable bonds is 4. The van der Waals surface area contributed by atoms with Gasteiger partial charge in [0.05, 0.1) is 1.37 Å². The Bertz CT molecular complexity index is 876. The summed E-state index contributed by atoms with van der Waals surface area (Å²) in [6, 6.07) is 1.74. The third-order valence-electron chi connectivity index (χ3n) is 2.61. The lowest BCUT2D eigenvalue weighted by Gasteiger charge is -2.09. The number of aryl methyl sites for hydroxylation is 1. The standard InChI is InChI=1S/C11H9BrN6O2S/c1-17-11(19)18(16-15-17)9-7(8(12)2-3-13-9)6-20-10-14-4-5-21-10/h2-5H,6H2,1H3/i4T. The summed E-state index contributed by atoms with van der Waals surface area (Å²) in [5.41, 5.74) is 0.223. The fourth-order valence-corrected chi connectivity index (χ4v) is 2.45. The number of tetrazole rings is 1. The summed E-state index contributed by atoms with van der Waals surface area (Å²) in [7, 11) is 1.51. The smallest absolute Gasteiger partial charge is 0.369 e. The van der Waals surface area contributed by atoms with E-state index in [9.17, 15) is 4.79 Å². The summed E-state index contributed by atoms with van der Waals surface area (Å²) >= 11 is 4.64. The Hall–Kier alpha value is -2.07. The van der Waals surface area contributed by atoms with Gasteiger partial charge in [-0.2, -0.15) is 4.68 Å². The third kappa shape index (κ3) is 2.72. The van der Waals surface area contributed by atoms with E-state index >= 15 is 0 Å². The molecule has 10 heteroatoms. The van der Waals surface area contributed by atoms with Crippen molar-refractivity contribution in [2.75, 3.05) is 0 Å². The van der Waals surface area contributed by atoms with E-state index in [2.05, 4.69) is 36.3 Å². The van der Waals surface area contributed by atoms with E-state index in [0.717, 1.165) is 13.8 Å². The molecule has 0 fully saturated rings. The molecule has 3 aromatic rings. The maximum atomic E-state index is 12.0. The Labute approximate surface area is 132 Å². The van der Waals surface area contributed by atoms with Gasteiger partial charge in [0.1, 0.15) is 6.61 Å². The molecule has 0 aromatic carbocycles. The molecule has 0 aliphatic heterocycles. The lowest BCUT2D eigenvalue weighted by molar-refractivity contribution is 0.302. The van der Waals surface area contributed by atoms with Gasteiger partial charge in [-0.15, -0.1) is 4.68 Å². The van der Waals surface area contributed by atoms with E-state index in [1.807, 2.05) is 0 Å². The van der Waals surface area contributed by atoms with Crippen LogP contribution in [0.25, 0.3) is 5.82 Å². The number of thiazole rings is 1. The van der Waals surface area contributed by atoms with Crippen molar-refractivity contribution in [2.45, 2.75) is 6.61 Å². The molecular weight excluding hydrogens is 360 g/mol. The van der Waals surface area contributed by atoms with Crippen LogP contribution < -0.4 is 10.4 Å². The van der Waals surface area contributed by atoms with Crippen LogP contribution in [0, 0.1) is 0 Å². The molecule has 21 heavy (non-hydrogen) atoms. The van der Waals surface area contributed by atoms with E-state index in [-0.39, 0.29) is 12.8 Å². The van der Waals surface area contributed by atoms with Crippen molar-refractivity contribution in [1.29, 1.82) is 0 Å². The molecule has 0 spiro atoms. The Morgan fingerprint density at radius 3 is 3.00 bits per heavy atom. The third-order valence-corrected chi connectivity index (χ3v) is 3.98. The van der Waals surface area contributed by atoms with Gasteiger partial charge in [-0.3, -0.25) is 0 Å². The monoisotopic (exact) mass is 370 g/mol. The van der Waals surface area contributed by atoms with Crippen molar-refractivity contribution in [2.24, 2.45) is 7.05 Å². The highest BCUT2D eigenvalue weighted by Crippen LogP contribution is 2.23. The van der Waals surface area contributed by atoms with Gasteiger partial charge in [0, 0.05) is 34.8 Å². The van der Waals surface area contributed by atoms with Gasteiger partial charge in [0.2, 0.25) is 0 Å². The van der Waals surface area contributed by atoms with Crippen LogP contribution in [0.15, 0.2) is 33.1 Å². The second-order valence-electron chi connectivity index (χ2n) is 3.92. The maximum Gasteiger partial charge on any atom is 0.369 e. The molecule has 8 nitrogen and oxygen atoms in total. The minimum Gasteiger partial charge on any atom is -0.465 e. The normalized spacial score (nSPS) is 11.4. The molecule has 0 amide bonds. The van der Waals surface area contributed by atoms with Gasteiger partial charge < -0.3 is 4.74 Å². The average Bonchev–Trinajstić information content (AvgIpc) is 3.05. The van der Waals surface area contributed by atoms with E-state index < -0.39 is 5.69 Å². The fourth-order valence-electron chi connectivity index (χ4n) is 1.60. The molecule has 0 unspecified atom stereocenters. The van der Waals surface area contributed by atoms with Crippen LogP contribution in [0.5, 0.6) is 5.19 Å². The predicted octanol–water partition coefficient (Wildman–Crippen LogP) is 1.16. The molecule has 3 rings (SSSR count). The van der Waals surface area contributed by atoms with Crippen molar-refractivity contribution in [3.05, 3.63) is 44.3 Å². The van der Waals surface area contributed by atoms with Gasteiger partial charge >= 0.3 is 5.69 Å². The van der Waals surface area contributed by atoms with Gasteiger partial charge in [0.15, 0.2) is 5.82 Å². The molecule has 0 N–H and O–H groups in total. The van der Waals surface area contributed by atoms with Crippen molar-refractivity contribution >= 4 is 27.3 Å². The summed E-state index contributed by atoms with van der Waals surface area (Å²) in [6.07, 6.45) is 1.70. The highest BCUT2D eigenvalue weighted by atomic mass is 79.9. The summed E-state index contributed by atoms with van der Waals surface area (Å²) in [6.45, 7) is 0.125. The minimum absolute atomic E-state index is 0.125. The predicted molar refractivity (Wildman–Crippen MR) is 78.5 cm³/mol. The van der Waals surface area contributed by atoms with Crippen molar-refractivity contribution in [3.63, 3.8) is 0 Å². The zero-order valence-corrected chi connectivity index (χ0v) is 13.1. The lowest BCUT2D eigenvalue weighted by Crippen LogP contribution is -2.24. The van der Waals surface area contributed by atoms with Crippen LogP contribution >= 0.6 is 27.3 Å². The lowest BCUT2D eigenvalue weighted by atomic mass is 10.3. The highest BCUT2D eigenvalue weighted by Gasteiger charge is 2.16. The fraction of sp³-hybridized carbons (Fsp3) is 0.182. The molecule has 3 heterocycles. The van der Waals surface area contributed by atoms with E-state index in [1.54, 1.807) is 17.6 Å². The molecule has 0 bridgehead atoms. The van der Waals surface area contributed by atoms with E-state index in [1.165, 1.54) is 18.4 Å². The topological polar surface area (TPSA) is 87.7 Å². The molecule has 0 saturated carbocycles. The first-order valence-corrected chi connectivity index (χ1v) is 7.41. The van der Waals surface area contributed by atoms with Crippen LogP contribution in [0.3, 0.4) is 0 Å². The van der Waals surface area contributed by atoms with Gasteiger partial charge in [-0.1, -0.05) is 27.3 Å². The molecule has 0 aliphatic carbocycles. The molecule has 0 aliphatic rings. The van der Waals surface area contributed by atoms with Crippen LogP contribution in [0.1, 0.15) is 6.93 Å². The number of nitrogens with zero attached hydrogens (tertiary/aromatic N) is 6. The summed E-state index contributed by atoms with van der Waals surface area (Å²) < 4.78 is 15.9. The van der Waals surface area contributed by atoms with Crippen LogP contribution in [-0.4, -0.2) is 29.8 Å². The van der Waals surface area contributed by atoms with Gasteiger partial charge in [-0.05, 0) is 16.5 Å². The maximum absolute atomic E-state index is 12.0. The second kappa shape index (κ2) is 5.74. The Morgan fingerprint density at radius 2 is 2.33 bits per heavy atom. The first-order valence-electron chi connectivity index (χ1n) is 6.24. The van der Waals surface area contributed by atoms with E-state index in [4.69, 9.17) is 6.11 Å². The Kier molecular flexibility index (Phi) is 3.46. The van der Waals surface area contributed by atoms with Gasteiger partial charge in [-0.25, -0.2) is 14.8 Å². The van der Waals surface area contributed by atoms with Crippen molar-refractivity contribution in [3.8, 4) is 11.0 Å². The Morgan fingerprint density at radius 1 is 1.48 bits per heavy atom. The highest BCUT2D eigenvalue weighted by molar-refractivity contribution is 9.10.